The zero-order valence-corrected chi connectivity index (χ0v) is 21.7. The second kappa shape index (κ2) is 9.19. The smallest absolute Gasteiger partial charge is 0.278 e. The number of hydrogen-bond acceptors (Lipinski definition) is 6. The summed E-state index contributed by atoms with van der Waals surface area (Å²) in [5.74, 6) is -0.0943. The number of likely N-dealkylation sites (N-methyl/N-ethyl adjacent to an activating group) is 1. The van der Waals surface area contributed by atoms with Crippen molar-refractivity contribution in [2.75, 3.05) is 45.0 Å². The van der Waals surface area contributed by atoms with E-state index in [0.29, 0.717) is 39.4 Å². The van der Waals surface area contributed by atoms with Crippen LogP contribution in [0.4, 0.5) is 0 Å². The molecule has 0 radical (unpaired) electrons. The van der Waals surface area contributed by atoms with Crippen LogP contribution in [0, 0.1) is 0 Å². The number of amides is 1. The van der Waals surface area contributed by atoms with Crippen molar-refractivity contribution in [1.29, 1.82) is 0 Å². The highest BCUT2D eigenvalue weighted by molar-refractivity contribution is 6.74. The van der Waals surface area contributed by atoms with Gasteiger partial charge < -0.3 is 18.8 Å². The lowest BCUT2D eigenvalue weighted by Gasteiger charge is -2.52. The second-order valence-electron chi connectivity index (χ2n) is 10.3. The Morgan fingerprint density at radius 3 is 2.53 bits per heavy atom. The molecule has 2 aliphatic rings. The molecule has 32 heavy (non-hydrogen) atoms. The van der Waals surface area contributed by atoms with E-state index in [-0.39, 0.29) is 27.8 Å². The van der Waals surface area contributed by atoms with Gasteiger partial charge in [-0.15, -0.1) is 0 Å². The van der Waals surface area contributed by atoms with E-state index in [1.807, 2.05) is 0 Å². The highest BCUT2D eigenvalue weighted by Gasteiger charge is 2.52. The van der Waals surface area contributed by atoms with Gasteiger partial charge in [-0.1, -0.05) is 34.1 Å². The molecule has 1 aromatic heterocycles. The summed E-state index contributed by atoms with van der Waals surface area (Å²) in [5, 5.41) is 2.23. The number of hydrogen-bond donors (Lipinski definition) is 0. The lowest BCUT2D eigenvalue weighted by molar-refractivity contribution is 0.0283. The molecular weight excluding hydrogens is 426 g/mol. The van der Waals surface area contributed by atoms with Gasteiger partial charge in [0.05, 0.1) is 33.0 Å². The van der Waals surface area contributed by atoms with Crippen molar-refractivity contribution in [2.45, 2.75) is 70.8 Å². The number of pyridine rings is 1. The summed E-state index contributed by atoms with van der Waals surface area (Å²) in [6, 6.07) is 1.48. The average Bonchev–Trinajstić information content (AvgIpc) is 3.20. The lowest BCUT2D eigenvalue weighted by atomic mass is 10.0. The number of unbranched alkanes of at least 4 members (excludes halogenated alkanes) is 1. The van der Waals surface area contributed by atoms with Gasteiger partial charge in [0.15, 0.2) is 25.4 Å². The van der Waals surface area contributed by atoms with Crippen LogP contribution in [0.25, 0.3) is 0 Å². The van der Waals surface area contributed by atoms with Crippen LogP contribution in [0.1, 0.15) is 57.4 Å². The minimum absolute atomic E-state index is 0.110. The summed E-state index contributed by atoms with van der Waals surface area (Å²) in [4.78, 5) is 27.8. The van der Waals surface area contributed by atoms with E-state index in [2.05, 4.69) is 45.8 Å². The zero-order valence-electron chi connectivity index (χ0n) is 20.7. The fraction of sp³-hybridized carbons (Fsp3) is 0.739. The van der Waals surface area contributed by atoms with Gasteiger partial charge in [0, 0.05) is 25.7 Å². The largest absolute Gasteiger partial charge is 0.487 e. The van der Waals surface area contributed by atoms with Crippen LogP contribution >= 0.6 is 0 Å². The van der Waals surface area contributed by atoms with Gasteiger partial charge in [-0.2, -0.15) is 0 Å². The molecule has 0 bridgehead atoms. The van der Waals surface area contributed by atoms with E-state index in [1.54, 1.807) is 22.8 Å². The molecule has 1 atom stereocenters. The fourth-order valence-corrected chi connectivity index (χ4v) is 5.05. The van der Waals surface area contributed by atoms with Crippen molar-refractivity contribution < 1.29 is 18.7 Å². The molecule has 1 unspecified atom stereocenters. The Balaban J connectivity index is 1.99. The summed E-state index contributed by atoms with van der Waals surface area (Å²) in [6.07, 6.45) is 4.13. The summed E-state index contributed by atoms with van der Waals surface area (Å²) < 4.78 is 19.9. The number of aromatic nitrogens is 1. The first-order valence-electron chi connectivity index (χ1n) is 11.6. The second-order valence-corrected chi connectivity index (χ2v) is 15.1. The van der Waals surface area contributed by atoms with E-state index in [9.17, 15) is 9.59 Å². The molecule has 8 nitrogen and oxygen atoms in total. The Bertz CT molecular complexity index is 887. The van der Waals surface area contributed by atoms with Gasteiger partial charge in [0.25, 0.3) is 5.91 Å². The molecule has 3 rings (SSSR count). The molecule has 1 spiro atoms. The Morgan fingerprint density at radius 1 is 1.22 bits per heavy atom. The fourth-order valence-electron chi connectivity index (χ4n) is 4.02. The molecule has 1 fully saturated rings. The average molecular weight is 466 g/mol. The predicted molar refractivity (Wildman–Crippen MR) is 128 cm³/mol. The van der Waals surface area contributed by atoms with Crippen molar-refractivity contribution in [1.82, 2.24) is 9.58 Å². The normalized spacial score (nSPS) is 21.4. The van der Waals surface area contributed by atoms with E-state index < -0.39 is 14.0 Å². The third kappa shape index (κ3) is 4.34. The number of carbonyl (C=O) groups is 1. The summed E-state index contributed by atoms with van der Waals surface area (Å²) in [7, 11) is -0.140. The maximum Gasteiger partial charge on any atom is 0.278 e. The van der Waals surface area contributed by atoms with Gasteiger partial charge in [-0.3, -0.25) is 19.3 Å². The molecule has 0 aliphatic carbocycles. The molecule has 1 aromatic rings. The Hall–Kier alpha value is -1.84. The first-order valence-corrected chi connectivity index (χ1v) is 14.5. The molecular formula is C23H39N3O5Si. The lowest BCUT2D eigenvalue weighted by Crippen LogP contribution is -2.70. The van der Waals surface area contributed by atoms with Gasteiger partial charge in [0.2, 0.25) is 5.43 Å². The molecule has 3 heterocycles. The van der Waals surface area contributed by atoms with E-state index in [4.69, 9.17) is 13.9 Å². The van der Waals surface area contributed by atoms with Crippen LogP contribution in [0.15, 0.2) is 17.1 Å². The molecule has 9 heteroatoms. The summed E-state index contributed by atoms with van der Waals surface area (Å²) >= 11 is 0. The molecule has 180 valence electrons. The molecule has 2 aliphatic heterocycles. The summed E-state index contributed by atoms with van der Waals surface area (Å²) in [5.41, 5.74) is -0.609. The highest BCUT2D eigenvalue weighted by Crippen LogP contribution is 2.38. The number of rotatable bonds is 8. The molecule has 0 N–H and O–H groups in total. The maximum atomic E-state index is 13.5. The van der Waals surface area contributed by atoms with Gasteiger partial charge in [-0.05, 0) is 24.6 Å². The van der Waals surface area contributed by atoms with E-state index in [1.165, 1.54) is 6.07 Å². The Labute approximate surface area is 192 Å². The Morgan fingerprint density at radius 2 is 1.94 bits per heavy atom. The molecule has 0 saturated carbocycles. The van der Waals surface area contributed by atoms with Crippen molar-refractivity contribution in [2.24, 2.45) is 0 Å². The topological polar surface area (TPSA) is 73.2 Å². The maximum absolute atomic E-state index is 13.5. The number of nitrogens with zero attached hydrogens (tertiary/aromatic N) is 3. The number of ether oxygens (including phenoxy) is 2. The SMILES string of the molecule is CCCCOc1c2n(ccc1=O)N(CCO[Si](C)(C)C(C)(C)C)C1(CCOC1)N(C)C2=O. The zero-order chi connectivity index (χ0) is 23.7. The van der Waals surface area contributed by atoms with E-state index in [0.717, 1.165) is 12.8 Å². The van der Waals surface area contributed by atoms with Crippen molar-refractivity contribution >= 4 is 14.2 Å². The van der Waals surface area contributed by atoms with Crippen LogP contribution < -0.4 is 15.2 Å². The van der Waals surface area contributed by atoms with Crippen LogP contribution in [-0.4, -0.2) is 69.5 Å². The minimum atomic E-state index is -1.93. The van der Waals surface area contributed by atoms with Crippen molar-refractivity contribution in [3.05, 3.63) is 28.2 Å². The third-order valence-electron chi connectivity index (χ3n) is 7.20. The van der Waals surface area contributed by atoms with Crippen LogP contribution in [-0.2, 0) is 9.16 Å². The predicted octanol–water partition coefficient (Wildman–Crippen LogP) is 3.19. The number of carbonyl (C=O) groups excluding carboxylic acids is 1. The van der Waals surface area contributed by atoms with Gasteiger partial charge in [0.1, 0.15) is 0 Å². The molecule has 1 saturated heterocycles. The molecule has 1 amide bonds. The van der Waals surface area contributed by atoms with Crippen LogP contribution in [0.2, 0.25) is 18.1 Å². The third-order valence-corrected chi connectivity index (χ3v) is 11.7. The van der Waals surface area contributed by atoms with E-state index >= 15 is 0 Å². The van der Waals surface area contributed by atoms with Crippen molar-refractivity contribution in [3.8, 4) is 5.75 Å². The quantitative estimate of drug-likeness (QED) is 0.434. The standard InChI is InChI=1S/C23H39N3O5Si/c1-8-9-14-30-20-18(27)10-12-25-19(20)21(28)24(5)23(11-15-29-17-23)26(25)13-16-31-32(6,7)22(2,3)4/h10,12H,8-9,11,13-17H2,1-7H3. The van der Waals surface area contributed by atoms with Gasteiger partial charge in [-0.25, -0.2) is 0 Å². The monoisotopic (exact) mass is 465 g/mol. The van der Waals surface area contributed by atoms with Gasteiger partial charge >= 0.3 is 0 Å². The number of fused-ring (bicyclic) bond motifs is 1. The van der Waals surface area contributed by atoms with Crippen LogP contribution in [0.5, 0.6) is 5.75 Å². The first-order chi connectivity index (χ1) is 15.0. The Kier molecular flexibility index (Phi) is 7.12. The summed E-state index contributed by atoms with van der Waals surface area (Å²) in [6.45, 7) is 15.7. The van der Waals surface area contributed by atoms with Crippen LogP contribution in [0.3, 0.4) is 0 Å². The van der Waals surface area contributed by atoms with Crippen molar-refractivity contribution in [3.63, 3.8) is 0 Å². The first kappa shape index (κ1) is 24.8. The minimum Gasteiger partial charge on any atom is -0.487 e. The molecule has 0 aromatic carbocycles. The highest BCUT2D eigenvalue weighted by atomic mass is 28.4.